The van der Waals surface area contributed by atoms with Crippen LogP contribution in [0.4, 0.5) is 0 Å². The molecule has 0 saturated heterocycles. The molecule has 0 aromatic carbocycles. The lowest BCUT2D eigenvalue weighted by Gasteiger charge is -2.14. The van der Waals surface area contributed by atoms with Crippen LogP contribution in [0.3, 0.4) is 0 Å². The minimum atomic E-state index is -0.756. The molecule has 0 aliphatic carbocycles. The Bertz CT molecular complexity index is 327. The number of rotatable bonds is 3. The Hall–Kier alpha value is -1.38. The minimum absolute atomic E-state index is 0.0514. The number of hydrogen-bond donors (Lipinski definition) is 1. The zero-order valence-corrected chi connectivity index (χ0v) is 8.74. The van der Waals surface area contributed by atoms with Crippen LogP contribution in [-0.4, -0.2) is 16.1 Å². The zero-order chi connectivity index (χ0) is 10.7. The Morgan fingerprint density at radius 2 is 1.93 bits per heavy atom. The molecule has 3 nitrogen and oxygen atoms in total. The fraction of sp³-hybridized carbons (Fsp3) is 0.455. The van der Waals surface area contributed by atoms with Crippen molar-refractivity contribution in [3.8, 4) is 0 Å². The molecule has 1 aromatic rings. The summed E-state index contributed by atoms with van der Waals surface area (Å²) in [6.07, 6.45) is 3.73. The third kappa shape index (κ3) is 2.31. The maximum absolute atomic E-state index is 10.6. The van der Waals surface area contributed by atoms with E-state index in [9.17, 15) is 4.79 Å². The molecule has 0 spiro atoms. The summed E-state index contributed by atoms with van der Waals surface area (Å²) in [7, 11) is 0. The van der Waals surface area contributed by atoms with Gasteiger partial charge in [0.2, 0.25) is 0 Å². The second kappa shape index (κ2) is 4.22. The Morgan fingerprint density at radius 3 is 2.36 bits per heavy atom. The van der Waals surface area contributed by atoms with Gasteiger partial charge in [-0.2, -0.15) is 0 Å². The van der Waals surface area contributed by atoms with Crippen LogP contribution < -0.4 is 0 Å². The van der Waals surface area contributed by atoms with Crippen LogP contribution in [0.15, 0.2) is 12.4 Å². The number of aromatic nitrogens is 1. The molecule has 0 amide bonds. The van der Waals surface area contributed by atoms with Crippen molar-refractivity contribution in [2.75, 3.05) is 0 Å². The third-order valence-corrected chi connectivity index (χ3v) is 2.36. The van der Waals surface area contributed by atoms with E-state index in [1.54, 1.807) is 12.4 Å². The summed E-state index contributed by atoms with van der Waals surface area (Å²) >= 11 is 0. The number of aryl methyl sites for hydroxylation is 2. The molecule has 3 heteroatoms. The highest BCUT2D eigenvalue weighted by atomic mass is 16.4. The maximum atomic E-state index is 10.6. The van der Waals surface area contributed by atoms with Crippen molar-refractivity contribution in [1.29, 1.82) is 0 Å². The fourth-order valence-electron chi connectivity index (χ4n) is 1.85. The van der Waals surface area contributed by atoms with Gasteiger partial charge in [-0.05, 0) is 36.5 Å². The third-order valence-electron chi connectivity index (χ3n) is 2.36. The van der Waals surface area contributed by atoms with Crippen LogP contribution in [0.5, 0.6) is 0 Å². The number of aliphatic carboxylic acids is 1. The molecule has 1 aromatic heterocycles. The minimum Gasteiger partial charge on any atom is -0.481 e. The first kappa shape index (κ1) is 10.7. The first-order chi connectivity index (χ1) is 6.52. The molecule has 0 fully saturated rings. The summed E-state index contributed by atoms with van der Waals surface area (Å²) in [4.78, 5) is 14.6. The van der Waals surface area contributed by atoms with E-state index in [0.717, 1.165) is 16.7 Å². The Labute approximate surface area is 83.8 Å². The van der Waals surface area contributed by atoms with E-state index in [1.165, 1.54) is 0 Å². The average molecular weight is 193 g/mol. The van der Waals surface area contributed by atoms with E-state index in [-0.39, 0.29) is 12.3 Å². The smallest absolute Gasteiger partial charge is 0.303 e. The Balaban J connectivity index is 2.99. The molecule has 0 saturated carbocycles. The van der Waals surface area contributed by atoms with Gasteiger partial charge >= 0.3 is 5.97 Å². The second-order valence-corrected chi connectivity index (χ2v) is 3.69. The summed E-state index contributed by atoms with van der Waals surface area (Å²) < 4.78 is 0. The van der Waals surface area contributed by atoms with E-state index < -0.39 is 5.97 Å². The topological polar surface area (TPSA) is 50.2 Å². The molecule has 1 rings (SSSR count). The quantitative estimate of drug-likeness (QED) is 0.801. The highest BCUT2D eigenvalue weighted by Crippen LogP contribution is 2.24. The summed E-state index contributed by atoms with van der Waals surface area (Å²) in [5.74, 6) is -0.705. The normalized spacial score (nSPS) is 12.5. The van der Waals surface area contributed by atoms with Crippen molar-refractivity contribution < 1.29 is 9.90 Å². The van der Waals surface area contributed by atoms with Gasteiger partial charge in [-0.1, -0.05) is 6.92 Å². The number of pyridine rings is 1. The Morgan fingerprint density at radius 1 is 1.43 bits per heavy atom. The molecular formula is C11H15NO2. The van der Waals surface area contributed by atoms with Crippen LogP contribution >= 0.6 is 0 Å². The van der Waals surface area contributed by atoms with Gasteiger partial charge in [0.15, 0.2) is 0 Å². The van der Waals surface area contributed by atoms with Gasteiger partial charge < -0.3 is 5.11 Å². The van der Waals surface area contributed by atoms with Gasteiger partial charge in [0.25, 0.3) is 0 Å². The van der Waals surface area contributed by atoms with Gasteiger partial charge in [-0.25, -0.2) is 0 Å². The fourth-order valence-corrected chi connectivity index (χ4v) is 1.85. The molecule has 1 unspecified atom stereocenters. The van der Waals surface area contributed by atoms with Gasteiger partial charge in [0.05, 0.1) is 6.42 Å². The van der Waals surface area contributed by atoms with Crippen LogP contribution in [-0.2, 0) is 4.79 Å². The summed E-state index contributed by atoms with van der Waals surface area (Å²) in [6, 6.07) is 0. The predicted octanol–water partition coefficient (Wildman–Crippen LogP) is 2.28. The lowest BCUT2D eigenvalue weighted by molar-refractivity contribution is -0.137. The SMILES string of the molecule is Cc1cncc(C)c1C(C)CC(=O)O. The first-order valence-electron chi connectivity index (χ1n) is 4.65. The summed E-state index contributed by atoms with van der Waals surface area (Å²) in [5, 5.41) is 8.71. The van der Waals surface area contributed by atoms with Gasteiger partial charge in [0, 0.05) is 12.4 Å². The molecule has 76 valence electrons. The summed E-state index contributed by atoms with van der Waals surface area (Å²) in [6.45, 7) is 5.87. The molecule has 0 aliphatic heterocycles. The van der Waals surface area contributed by atoms with Crippen molar-refractivity contribution >= 4 is 5.97 Å². The van der Waals surface area contributed by atoms with Gasteiger partial charge in [0.1, 0.15) is 0 Å². The standard InChI is InChI=1S/C11H15NO2/c1-7(4-10(13)14)11-8(2)5-12-6-9(11)3/h5-7H,4H2,1-3H3,(H,13,14). The molecule has 1 heterocycles. The molecule has 0 aliphatic rings. The van der Waals surface area contributed by atoms with Crippen molar-refractivity contribution in [3.63, 3.8) is 0 Å². The van der Waals surface area contributed by atoms with Crippen LogP contribution in [0, 0.1) is 13.8 Å². The lowest BCUT2D eigenvalue weighted by Crippen LogP contribution is -2.06. The van der Waals surface area contributed by atoms with E-state index in [0.29, 0.717) is 0 Å². The van der Waals surface area contributed by atoms with Crippen molar-refractivity contribution in [2.45, 2.75) is 33.1 Å². The molecule has 1 N–H and O–H groups in total. The van der Waals surface area contributed by atoms with Crippen molar-refractivity contribution in [2.24, 2.45) is 0 Å². The summed E-state index contributed by atoms with van der Waals surface area (Å²) in [5.41, 5.74) is 3.25. The lowest BCUT2D eigenvalue weighted by atomic mass is 9.92. The van der Waals surface area contributed by atoms with Crippen molar-refractivity contribution in [3.05, 3.63) is 29.1 Å². The van der Waals surface area contributed by atoms with Crippen LogP contribution in [0.25, 0.3) is 0 Å². The highest BCUT2D eigenvalue weighted by Gasteiger charge is 2.14. The average Bonchev–Trinajstić information content (AvgIpc) is 2.01. The Kier molecular flexibility index (Phi) is 3.23. The zero-order valence-electron chi connectivity index (χ0n) is 8.74. The number of nitrogens with zero attached hydrogens (tertiary/aromatic N) is 1. The van der Waals surface area contributed by atoms with Crippen LogP contribution in [0.1, 0.15) is 36.0 Å². The van der Waals surface area contributed by atoms with E-state index in [2.05, 4.69) is 4.98 Å². The van der Waals surface area contributed by atoms with E-state index >= 15 is 0 Å². The van der Waals surface area contributed by atoms with E-state index in [4.69, 9.17) is 5.11 Å². The van der Waals surface area contributed by atoms with E-state index in [1.807, 2.05) is 20.8 Å². The molecule has 0 radical (unpaired) electrons. The number of carboxylic acids is 1. The van der Waals surface area contributed by atoms with Crippen LogP contribution in [0.2, 0.25) is 0 Å². The van der Waals surface area contributed by atoms with Gasteiger partial charge in [-0.15, -0.1) is 0 Å². The number of hydrogen-bond acceptors (Lipinski definition) is 2. The van der Waals surface area contributed by atoms with Gasteiger partial charge in [-0.3, -0.25) is 9.78 Å². The molecule has 14 heavy (non-hydrogen) atoms. The number of carbonyl (C=O) groups is 1. The largest absolute Gasteiger partial charge is 0.481 e. The molecular weight excluding hydrogens is 178 g/mol. The molecule has 0 bridgehead atoms. The highest BCUT2D eigenvalue weighted by molar-refractivity contribution is 5.68. The van der Waals surface area contributed by atoms with Crippen molar-refractivity contribution in [1.82, 2.24) is 4.98 Å². The number of carboxylic acid groups (broad SMARTS) is 1. The predicted molar refractivity (Wildman–Crippen MR) is 54.4 cm³/mol. The second-order valence-electron chi connectivity index (χ2n) is 3.69. The molecule has 1 atom stereocenters. The maximum Gasteiger partial charge on any atom is 0.303 e. The first-order valence-corrected chi connectivity index (χ1v) is 4.65. The monoisotopic (exact) mass is 193 g/mol.